The standard InChI is InChI=1S/C21H32OSi/c23-22-21(19-14-8-3-9-15-19)20(18-12-6-2-7-13-18)16-17-10-4-1-5-11-17/h3,8-9,14-18,21H,1-2,4-7,10-13H2,23H3. The molecule has 0 radical (unpaired) electrons. The van der Waals surface area contributed by atoms with Crippen molar-refractivity contribution in [3.05, 3.63) is 47.5 Å². The molecule has 2 heteroatoms. The molecule has 1 atom stereocenters. The fourth-order valence-electron chi connectivity index (χ4n) is 4.54. The highest BCUT2D eigenvalue weighted by atomic mass is 28.2. The lowest BCUT2D eigenvalue weighted by Crippen LogP contribution is -2.19. The number of rotatable bonds is 5. The summed E-state index contributed by atoms with van der Waals surface area (Å²) in [6, 6.07) is 10.9. The van der Waals surface area contributed by atoms with Gasteiger partial charge < -0.3 is 4.43 Å². The molecule has 126 valence electrons. The van der Waals surface area contributed by atoms with Crippen molar-refractivity contribution in [2.75, 3.05) is 0 Å². The van der Waals surface area contributed by atoms with Gasteiger partial charge in [0.05, 0.1) is 6.10 Å². The largest absolute Gasteiger partial charge is 0.417 e. The van der Waals surface area contributed by atoms with Crippen molar-refractivity contribution in [2.45, 2.75) is 70.3 Å². The number of hydrogen-bond donors (Lipinski definition) is 0. The van der Waals surface area contributed by atoms with Crippen LogP contribution in [0, 0.1) is 11.8 Å². The van der Waals surface area contributed by atoms with E-state index in [4.69, 9.17) is 4.43 Å². The summed E-state index contributed by atoms with van der Waals surface area (Å²) in [6.45, 7) is 0. The molecule has 0 heterocycles. The highest BCUT2D eigenvalue weighted by molar-refractivity contribution is 5.98. The molecule has 2 aliphatic rings. The molecular formula is C21H32OSi. The SMILES string of the molecule is [SiH3]OC(C(=CC1CCCCC1)C1CCCCC1)c1ccccc1. The van der Waals surface area contributed by atoms with Gasteiger partial charge in [0.2, 0.25) is 0 Å². The van der Waals surface area contributed by atoms with E-state index in [1.165, 1.54) is 69.8 Å². The maximum absolute atomic E-state index is 6.16. The molecule has 0 saturated heterocycles. The first-order valence-corrected chi connectivity index (χ1v) is 10.5. The van der Waals surface area contributed by atoms with E-state index >= 15 is 0 Å². The average molecular weight is 329 g/mol. The second-order valence-electron chi connectivity index (χ2n) is 7.43. The normalized spacial score (nSPS) is 23.0. The van der Waals surface area contributed by atoms with Gasteiger partial charge in [-0.2, -0.15) is 0 Å². The molecule has 0 spiro atoms. The Morgan fingerprint density at radius 2 is 1.52 bits per heavy atom. The zero-order valence-electron chi connectivity index (χ0n) is 14.7. The first-order valence-electron chi connectivity index (χ1n) is 9.68. The van der Waals surface area contributed by atoms with Gasteiger partial charge in [0, 0.05) is 0 Å². The highest BCUT2D eigenvalue weighted by Gasteiger charge is 2.26. The van der Waals surface area contributed by atoms with Crippen LogP contribution in [0.3, 0.4) is 0 Å². The fourth-order valence-corrected chi connectivity index (χ4v) is 5.08. The van der Waals surface area contributed by atoms with Crippen LogP contribution < -0.4 is 0 Å². The maximum Gasteiger partial charge on any atom is 0.147 e. The molecule has 1 aromatic rings. The van der Waals surface area contributed by atoms with Crippen molar-refractivity contribution < 1.29 is 4.43 Å². The Bertz CT molecular complexity index is 484. The van der Waals surface area contributed by atoms with Gasteiger partial charge in [-0.3, -0.25) is 0 Å². The van der Waals surface area contributed by atoms with Crippen molar-refractivity contribution in [2.24, 2.45) is 11.8 Å². The van der Waals surface area contributed by atoms with Gasteiger partial charge in [0.1, 0.15) is 10.5 Å². The van der Waals surface area contributed by atoms with E-state index in [2.05, 4.69) is 36.4 Å². The number of allylic oxidation sites excluding steroid dienone is 1. The number of hydrogen-bond acceptors (Lipinski definition) is 1. The van der Waals surface area contributed by atoms with E-state index < -0.39 is 0 Å². The van der Waals surface area contributed by atoms with E-state index in [1.807, 2.05) is 0 Å². The van der Waals surface area contributed by atoms with E-state index in [1.54, 1.807) is 5.57 Å². The molecule has 1 nitrogen and oxygen atoms in total. The van der Waals surface area contributed by atoms with Gasteiger partial charge in [0.25, 0.3) is 0 Å². The maximum atomic E-state index is 6.16. The molecule has 23 heavy (non-hydrogen) atoms. The summed E-state index contributed by atoms with van der Waals surface area (Å²) in [5.74, 6) is 1.55. The van der Waals surface area contributed by atoms with Crippen LogP contribution in [0.2, 0.25) is 0 Å². The third-order valence-electron chi connectivity index (χ3n) is 5.80. The summed E-state index contributed by atoms with van der Waals surface area (Å²) in [5, 5.41) is 0. The van der Waals surface area contributed by atoms with Gasteiger partial charge in [-0.05, 0) is 48.7 Å². The van der Waals surface area contributed by atoms with Crippen LogP contribution in [-0.2, 0) is 4.43 Å². The molecule has 0 amide bonds. The lowest BCUT2D eigenvalue weighted by Gasteiger charge is -2.32. The van der Waals surface area contributed by atoms with E-state index in [-0.39, 0.29) is 6.10 Å². The highest BCUT2D eigenvalue weighted by Crippen LogP contribution is 2.40. The molecule has 1 unspecified atom stereocenters. The molecular weight excluding hydrogens is 296 g/mol. The zero-order valence-corrected chi connectivity index (χ0v) is 16.7. The van der Waals surface area contributed by atoms with Crippen molar-refractivity contribution >= 4 is 10.5 Å². The molecule has 0 aliphatic heterocycles. The smallest absolute Gasteiger partial charge is 0.147 e. The summed E-state index contributed by atoms with van der Waals surface area (Å²) in [5.41, 5.74) is 2.98. The van der Waals surface area contributed by atoms with Crippen LogP contribution in [0.15, 0.2) is 42.0 Å². The first kappa shape index (κ1) is 17.0. The van der Waals surface area contributed by atoms with Crippen LogP contribution >= 0.6 is 0 Å². The Morgan fingerprint density at radius 3 is 2.13 bits per heavy atom. The Morgan fingerprint density at radius 1 is 0.913 bits per heavy atom. The molecule has 0 bridgehead atoms. The summed E-state index contributed by atoms with van der Waals surface area (Å²) in [4.78, 5) is 0. The Balaban J connectivity index is 1.87. The average Bonchev–Trinajstić information content (AvgIpc) is 2.64. The molecule has 2 saturated carbocycles. The minimum atomic E-state index is 0.216. The fraction of sp³-hybridized carbons (Fsp3) is 0.619. The predicted octanol–water partition coefficient (Wildman–Crippen LogP) is 5.11. The van der Waals surface area contributed by atoms with E-state index in [0.717, 1.165) is 22.3 Å². The lowest BCUT2D eigenvalue weighted by atomic mass is 9.77. The molecule has 2 aliphatic carbocycles. The molecule has 1 aromatic carbocycles. The van der Waals surface area contributed by atoms with Crippen LogP contribution in [0.4, 0.5) is 0 Å². The summed E-state index contributed by atoms with van der Waals surface area (Å²) < 4.78 is 6.16. The predicted molar refractivity (Wildman–Crippen MR) is 101 cm³/mol. The minimum absolute atomic E-state index is 0.216. The van der Waals surface area contributed by atoms with Gasteiger partial charge in [-0.15, -0.1) is 0 Å². The Labute approximate surface area is 145 Å². The van der Waals surface area contributed by atoms with Crippen molar-refractivity contribution in [3.8, 4) is 0 Å². The van der Waals surface area contributed by atoms with Crippen LogP contribution in [-0.4, -0.2) is 10.5 Å². The van der Waals surface area contributed by atoms with Gasteiger partial charge in [0.15, 0.2) is 0 Å². The summed E-state index contributed by atoms with van der Waals surface area (Å²) in [6.07, 6.45) is 16.9. The molecule has 0 aromatic heterocycles. The molecule has 3 rings (SSSR count). The number of benzene rings is 1. The Kier molecular flexibility index (Phi) is 6.53. The van der Waals surface area contributed by atoms with Crippen LogP contribution in [0.1, 0.15) is 75.9 Å². The molecule has 0 N–H and O–H groups in total. The van der Waals surface area contributed by atoms with Gasteiger partial charge >= 0.3 is 0 Å². The van der Waals surface area contributed by atoms with E-state index in [9.17, 15) is 0 Å². The minimum Gasteiger partial charge on any atom is -0.417 e. The van der Waals surface area contributed by atoms with Crippen LogP contribution in [0.5, 0.6) is 0 Å². The summed E-state index contributed by atoms with van der Waals surface area (Å²) >= 11 is 0. The van der Waals surface area contributed by atoms with Gasteiger partial charge in [-0.1, -0.05) is 74.9 Å². The quantitative estimate of drug-likeness (QED) is 0.539. The zero-order chi connectivity index (χ0) is 15.9. The van der Waals surface area contributed by atoms with Crippen molar-refractivity contribution in [1.82, 2.24) is 0 Å². The first-order chi connectivity index (χ1) is 11.4. The Hall–Kier alpha value is -0.863. The summed E-state index contributed by atoms with van der Waals surface area (Å²) in [7, 11) is 0.803. The molecule has 2 fully saturated rings. The third kappa shape index (κ3) is 4.57. The topological polar surface area (TPSA) is 9.23 Å². The van der Waals surface area contributed by atoms with Gasteiger partial charge in [-0.25, -0.2) is 0 Å². The third-order valence-corrected chi connectivity index (χ3v) is 6.27. The van der Waals surface area contributed by atoms with E-state index in [0.29, 0.717) is 0 Å². The monoisotopic (exact) mass is 328 g/mol. The lowest BCUT2D eigenvalue weighted by molar-refractivity contribution is 0.232. The van der Waals surface area contributed by atoms with Crippen LogP contribution in [0.25, 0.3) is 0 Å². The second-order valence-corrected chi connectivity index (χ2v) is 7.90. The van der Waals surface area contributed by atoms with Crippen molar-refractivity contribution in [3.63, 3.8) is 0 Å². The van der Waals surface area contributed by atoms with Crippen molar-refractivity contribution in [1.29, 1.82) is 0 Å². The second kappa shape index (κ2) is 8.84.